The van der Waals surface area contributed by atoms with Crippen LogP contribution in [0.1, 0.15) is 13.8 Å². The summed E-state index contributed by atoms with van der Waals surface area (Å²) in [6.07, 6.45) is 0. The maximum absolute atomic E-state index is 11.9. The van der Waals surface area contributed by atoms with Crippen LogP contribution in [0.4, 0.5) is 0 Å². The molecule has 17 heavy (non-hydrogen) atoms. The second-order valence-electron chi connectivity index (χ2n) is 4.41. The molecule has 0 saturated carbocycles. The molecule has 0 aromatic heterocycles. The van der Waals surface area contributed by atoms with Gasteiger partial charge in [0.05, 0.1) is 25.0 Å². The standard InChI is InChI=1S/C11H19NO4S/c1-7(2)17-6-10(13)12(3)9-5-16-4-8(9)11(14)15/h7-9H,4-6H2,1-3H3,(H,14,15). The third-order valence-electron chi connectivity index (χ3n) is 2.80. The highest BCUT2D eigenvalue weighted by Crippen LogP contribution is 2.20. The van der Waals surface area contributed by atoms with Crippen LogP contribution in [0.15, 0.2) is 0 Å². The van der Waals surface area contributed by atoms with E-state index >= 15 is 0 Å². The van der Waals surface area contributed by atoms with E-state index in [1.54, 1.807) is 18.8 Å². The minimum atomic E-state index is -0.899. The molecule has 0 aromatic carbocycles. The van der Waals surface area contributed by atoms with Crippen molar-refractivity contribution in [2.75, 3.05) is 26.0 Å². The van der Waals surface area contributed by atoms with Gasteiger partial charge in [0.15, 0.2) is 0 Å². The first-order valence-corrected chi connectivity index (χ1v) is 6.66. The lowest BCUT2D eigenvalue weighted by Gasteiger charge is -2.26. The average Bonchev–Trinajstić information content (AvgIpc) is 2.73. The van der Waals surface area contributed by atoms with Crippen molar-refractivity contribution in [3.05, 3.63) is 0 Å². The molecule has 1 N–H and O–H groups in total. The number of nitrogens with zero attached hydrogens (tertiary/aromatic N) is 1. The lowest BCUT2D eigenvalue weighted by atomic mass is 10.0. The van der Waals surface area contributed by atoms with Crippen LogP contribution in [0, 0.1) is 5.92 Å². The summed E-state index contributed by atoms with van der Waals surface area (Å²) in [5, 5.41) is 9.40. The van der Waals surface area contributed by atoms with Crippen molar-refractivity contribution in [3.8, 4) is 0 Å². The molecule has 1 aliphatic rings. The molecule has 0 spiro atoms. The van der Waals surface area contributed by atoms with Crippen LogP contribution in [0.5, 0.6) is 0 Å². The van der Waals surface area contributed by atoms with E-state index in [0.717, 1.165) is 0 Å². The normalized spacial score (nSPS) is 24.0. The van der Waals surface area contributed by atoms with E-state index in [4.69, 9.17) is 9.84 Å². The molecule has 0 radical (unpaired) electrons. The molecule has 0 bridgehead atoms. The number of thioether (sulfide) groups is 1. The van der Waals surface area contributed by atoms with E-state index in [-0.39, 0.29) is 18.6 Å². The molecular formula is C11H19NO4S. The maximum Gasteiger partial charge on any atom is 0.311 e. The Hall–Kier alpha value is -0.750. The van der Waals surface area contributed by atoms with Gasteiger partial charge in [-0.1, -0.05) is 13.8 Å². The molecule has 5 nitrogen and oxygen atoms in total. The lowest BCUT2D eigenvalue weighted by Crippen LogP contribution is -2.44. The molecule has 0 aliphatic carbocycles. The first-order valence-electron chi connectivity index (χ1n) is 5.61. The third-order valence-corrected chi connectivity index (χ3v) is 3.88. The second kappa shape index (κ2) is 6.26. The quantitative estimate of drug-likeness (QED) is 0.788. The van der Waals surface area contributed by atoms with Crippen molar-refractivity contribution in [2.24, 2.45) is 5.92 Å². The van der Waals surface area contributed by atoms with Crippen LogP contribution < -0.4 is 0 Å². The Bertz CT molecular complexity index is 295. The number of amides is 1. The second-order valence-corrected chi connectivity index (χ2v) is 5.98. The van der Waals surface area contributed by atoms with Gasteiger partial charge in [-0.25, -0.2) is 0 Å². The number of carbonyl (C=O) groups is 2. The predicted octanol–water partition coefficient (Wildman–Crippen LogP) is 0.686. The average molecular weight is 261 g/mol. The summed E-state index contributed by atoms with van der Waals surface area (Å²) < 4.78 is 5.15. The molecule has 2 unspecified atom stereocenters. The molecule has 1 aliphatic heterocycles. The first-order chi connectivity index (χ1) is 7.93. The summed E-state index contributed by atoms with van der Waals surface area (Å²) in [6, 6.07) is -0.340. The lowest BCUT2D eigenvalue weighted by molar-refractivity contribution is -0.144. The number of hydrogen-bond donors (Lipinski definition) is 1. The van der Waals surface area contributed by atoms with E-state index < -0.39 is 11.9 Å². The Balaban J connectivity index is 2.53. The minimum Gasteiger partial charge on any atom is -0.481 e. The molecule has 1 heterocycles. The number of ether oxygens (including phenoxy) is 1. The van der Waals surface area contributed by atoms with Gasteiger partial charge in [0, 0.05) is 7.05 Å². The van der Waals surface area contributed by atoms with Crippen LogP contribution >= 0.6 is 11.8 Å². The van der Waals surface area contributed by atoms with Crippen molar-refractivity contribution in [2.45, 2.75) is 25.1 Å². The molecule has 2 atom stereocenters. The van der Waals surface area contributed by atoms with E-state index in [0.29, 0.717) is 17.6 Å². The third kappa shape index (κ3) is 3.89. The van der Waals surface area contributed by atoms with E-state index in [9.17, 15) is 9.59 Å². The first kappa shape index (κ1) is 14.3. The Kier molecular flexibility index (Phi) is 5.27. The fraction of sp³-hybridized carbons (Fsp3) is 0.818. The number of rotatable bonds is 5. The highest BCUT2D eigenvalue weighted by Gasteiger charge is 2.38. The Morgan fingerprint density at radius 2 is 2.12 bits per heavy atom. The molecule has 6 heteroatoms. The van der Waals surface area contributed by atoms with Crippen molar-refractivity contribution in [3.63, 3.8) is 0 Å². The molecule has 1 rings (SSSR count). The van der Waals surface area contributed by atoms with E-state index in [2.05, 4.69) is 0 Å². The smallest absolute Gasteiger partial charge is 0.311 e. The minimum absolute atomic E-state index is 0.0366. The SMILES string of the molecule is CC(C)SCC(=O)N(C)C1COCC1C(=O)O. The number of hydrogen-bond acceptors (Lipinski definition) is 4. The highest BCUT2D eigenvalue weighted by molar-refractivity contribution is 8.00. The zero-order valence-electron chi connectivity index (χ0n) is 10.4. The van der Waals surface area contributed by atoms with Crippen LogP contribution in [0.2, 0.25) is 0 Å². The fourth-order valence-corrected chi connectivity index (χ4v) is 2.36. The van der Waals surface area contributed by atoms with Gasteiger partial charge in [0.1, 0.15) is 5.92 Å². The van der Waals surface area contributed by atoms with Crippen molar-refractivity contribution < 1.29 is 19.4 Å². The monoisotopic (exact) mass is 261 g/mol. The largest absolute Gasteiger partial charge is 0.481 e. The summed E-state index contributed by atoms with van der Waals surface area (Å²) in [4.78, 5) is 24.4. The molecule has 0 aromatic rings. The van der Waals surface area contributed by atoms with E-state index in [1.807, 2.05) is 13.8 Å². The van der Waals surface area contributed by atoms with Crippen molar-refractivity contribution in [1.29, 1.82) is 0 Å². The van der Waals surface area contributed by atoms with Crippen molar-refractivity contribution >= 4 is 23.6 Å². The number of carbonyl (C=O) groups excluding carboxylic acids is 1. The molecule has 1 amide bonds. The summed E-state index contributed by atoms with van der Waals surface area (Å²) in [5.41, 5.74) is 0. The van der Waals surface area contributed by atoms with Gasteiger partial charge >= 0.3 is 5.97 Å². The summed E-state index contributed by atoms with van der Waals surface area (Å²) >= 11 is 1.56. The van der Waals surface area contributed by atoms with E-state index in [1.165, 1.54) is 4.90 Å². The summed E-state index contributed by atoms with van der Waals surface area (Å²) in [7, 11) is 1.65. The van der Waals surface area contributed by atoms with Crippen LogP contribution in [0.25, 0.3) is 0 Å². The zero-order chi connectivity index (χ0) is 13.0. The highest BCUT2D eigenvalue weighted by atomic mass is 32.2. The Morgan fingerprint density at radius 1 is 1.47 bits per heavy atom. The Morgan fingerprint density at radius 3 is 2.65 bits per heavy atom. The topological polar surface area (TPSA) is 66.8 Å². The fourth-order valence-electron chi connectivity index (χ4n) is 1.69. The molecule has 98 valence electrons. The zero-order valence-corrected chi connectivity index (χ0v) is 11.2. The number of aliphatic carboxylic acids is 1. The van der Waals surface area contributed by atoms with Gasteiger partial charge in [-0.3, -0.25) is 9.59 Å². The van der Waals surface area contributed by atoms with Gasteiger partial charge in [0.25, 0.3) is 0 Å². The summed E-state index contributed by atoms with van der Waals surface area (Å²) in [6.45, 7) is 4.55. The van der Waals surface area contributed by atoms with Gasteiger partial charge in [0.2, 0.25) is 5.91 Å². The maximum atomic E-state index is 11.9. The van der Waals surface area contributed by atoms with Crippen molar-refractivity contribution in [1.82, 2.24) is 4.90 Å². The van der Waals surface area contributed by atoms with Gasteiger partial charge in [-0.15, -0.1) is 11.8 Å². The van der Waals surface area contributed by atoms with Gasteiger partial charge < -0.3 is 14.7 Å². The van der Waals surface area contributed by atoms with Crippen LogP contribution in [-0.4, -0.2) is 59.2 Å². The van der Waals surface area contributed by atoms with Crippen LogP contribution in [0.3, 0.4) is 0 Å². The van der Waals surface area contributed by atoms with Gasteiger partial charge in [-0.2, -0.15) is 0 Å². The predicted molar refractivity (Wildman–Crippen MR) is 66.1 cm³/mol. The molecule has 1 fully saturated rings. The molecule has 1 saturated heterocycles. The number of carboxylic acid groups (broad SMARTS) is 1. The number of carboxylic acids is 1. The van der Waals surface area contributed by atoms with Crippen LogP contribution in [-0.2, 0) is 14.3 Å². The number of likely N-dealkylation sites (N-methyl/N-ethyl adjacent to an activating group) is 1. The Labute approximate surface area is 105 Å². The molecular weight excluding hydrogens is 242 g/mol. The summed E-state index contributed by atoms with van der Waals surface area (Å²) in [5.74, 6) is -1.15. The van der Waals surface area contributed by atoms with Gasteiger partial charge in [-0.05, 0) is 5.25 Å².